The summed E-state index contributed by atoms with van der Waals surface area (Å²) in [5.74, 6) is 1.74. The third-order valence-corrected chi connectivity index (χ3v) is 5.51. The molecule has 0 radical (unpaired) electrons. The number of likely N-dealkylation sites (tertiary alicyclic amines) is 1. The van der Waals surface area contributed by atoms with Gasteiger partial charge in [-0.1, -0.05) is 23.7 Å². The van der Waals surface area contributed by atoms with E-state index in [1.165, 1.54) is 0 Å². The molecule has 0 aliphatic carbocycles. The maximum absolute atomic E-state index is 13.2. The maximum atomic E-state index is 13.2. The first-order valence-corrected chi connectivity index (χ1v) is 9.27. The third kappa shape index (κ3) is 3.90. The molecule has 1 unspecified atom stereocenters. The zero-order valence-electron chi connectivity index (χ0n) is 15.2. The number of aryl methyl sites for hydroxylation is 1. The second-order valence-corrected chi connectivity index (χ2v) is 7.99. The van der Waals surface area contributed by atoms with E-state index >= 15 is 0 Å². The van der Waals surface area contributed by atoms with E-state index in [1.807, 2.05) is 62.5 Å². The number of aromatic nitrogens is 2. The predicted molar refractivity (Wildman–Crippen MR) is 101 cm³/mol. The molecule has 2 heterocycles. The van der Waals surface area contributed by atoms with E-state index in [2.05, 4.69) is 9.55 Å². The molecule has 2 aromatic rings. The summed E-state index contributed by atoms with van der Waals surface area (Å²) in [7, 11) is 2.02. The van der Waals surface area contributed by atoms with Gasteiger partial charge in [-0.05, 0) is 50.3 Å². The monoisotopic (exact) mass is 359 g/mol. The Morgan fingerprint density at radius 3 is 2.88 bits per heavy atom. The van der Waals surface area contributed by atoms with Crippen molar-refractivity contribution in [1.29, 1.82) is 0 Å². The lowest BCUT2D eigenvalue weighted by molar-refractivity contribution is -0.138. The molecule has 0 bridgehead atoms. The molecule has 0 N–H and O–H groups in total. The number of benzene rings is 1. The molecule has 1 aromatic carbocycles. The third-order valence-electron chi connectivity index (χ3n) is 5.28. The van der Waals surface area contributed by atoms with E-state index in [0.717, 1.165) is 43.7 Å². The minimum Gasteiger partial charge on any atom is -0.342 e. The average molecular weight is 360 g/mol. The van der Waals surface area contributed by atoms with Crippen LogP contribution in [0.1, 0.15) is 38.1 Å². The summed E-state index contributed by atoms with van der Waals surface area (Å²) in [4.78, 5) is 19.7. The van der Waals surface area contributed by atoms with Gasteiger partial charge in [0.15, 0.2) is 0 Å². The van der Waals surface area contributed by atoms with Crippen molar-refractivity contribution in [2.75, 3.05) is 13.1 Å². The van der Waals surface area contributed by atoms with Gasteiger partial charge in [-0.3, -0.25) is 4.79 Å². The van der Waals surface area contributed by atoms with Crippen LogP contribution in [0, 0.1) is 5.92 Å². The van der Waals surface area contributed by atoms with Crippen molar-refractivity contribution in [1.82, 2.24) is 14.5 Å². The van der Waals surface area contributed by atoms with Crippen LogP contribution >= 0.6 is 11.6 Å². The second-order valence-electron chi connectivity index (χ2n) is 7.55. The maximum Gasteiger partial charge on any atom is 0.232 e. The molecule has 1 fully saturated rings. The SMILES string of the molecule is Cn1ccnc1CC1CCCN(C(=O)C(C)(C)c2cccc(Cl)c2)C1. The second kappa shape index (κ2) is 7.20. The molecular formula is C20H26ClN3O. The lowest BCUT2D eigenvalue weighted by Crippen LogP contribution is -2.48. The number of amides is 1. The Bertz CT molecular complexity index is 753. The summed E-state index contributed by atoms with van der Waals surface area (Å²) in [6, 6.07) is 7.63. The van der Waals surface area contributed by atoms with Crippen molar-refractivity contribution >= 4 is 17.5 Å². The van der Waals surface area contributed by atoms with Crippen molar-refractivity contribution in [3.05, 3.63) is 53.1 Å². The van der Waals surface area contributed by atoms with Crippen molar-refractivity contribution in [3.63, 3.8) is 0 Å². The van der Waals surface area contributed by atoms with Crippen LogP contribution < -0.4 is 0 Å². The molecule has 1 atom stereocenters. The molecule has 4 nitrogen and oxygen atoms in total. The van der Waals surface area contributed by atoms with Crippen LogP contribution in [-0.4, -0.2) is 33.4 Å². The standard InChI is InChI=1S/C20H26ClN3O/c1-20(2,16-7-4-8-17(21)13-16)19(25)24-10-5-6-15(14-24)12-18-22-9-11-23(18)3/h4,7-9,11,13,15H,5-6,10,12,14H2,1-3H3. The van der Waals surface area contributed by atoms with Crippen molar-refractivity contribution in [3.8, 4) is 0 Å². The summed E-state index contributed by atoms with van der Waals surface area (Å²) < 4.78 is 2.07. The average Bonchev–Trinajstić information content (AvgIpc) is 2.99. The number of hydrogen-bond donors (Lipinski definition) is 0. The predicted octanol–water partition coefficient (Wildman–Crippen LogP) is 3.83. The Balaban J connectivity index is 1.72. The lowest BCUT2D eigenvalue weighted by atomic mass is 9.82. The first-order valence-electron chi connectivity index (χ1n) is 8.89. The van der Waals surface area contributed by atoms with Gasteiger partial charge in [0.05, 0.1) is 5.41 Å². The Labute approximate surface area is 154 Å². The topological polar surface area (TPSA) is 38.1 Å². The van der Waals surface area contributed by atoms with Gasteiger partial charge in [-0.2, -0.15) is 0 Å². The first-order chi connectivity index (χ1) is 11.9. The fourth-order valence-corrected chi connectivity index (χ4v) is 3.85. The highest BCUT2D eigenvalue weighted by Crippen LogP contribution is 2.30. The summed E-state index contributed by atoms with van der Waals surface area (Å²) in [5, 5.41) is 0.671. The van der Waals surface area contributed by atoms with Crippen LogP contribution in [0.3, 0.4) is 0 Å². The Morgan fingerprint density at radius 2 is 2.20 bits per heavy atom. The number of carbonyl (C=O) groups excluding carboxylic acids is 1. The molecular weight excluding hydrogens is 334 g/mol. The van der Waals surface area contributed by atoms with Crippen LogP contribution in [0.5, 0.6) is 0 Å². The van der Waals surface area contributed by atoms with Gasteiger partial charge in [-0.25, -0.2) is 4.98 Å². The summed E-state index contributed by atoms with van der Waals surface area (Å²) in [5.41, 5.74) is 0.395. The van der Waals surface area contributed by atoms with Crippen LogP contribution in [0.4, 0.5) is 0 Å². The molecule has 0 saturated carbocycles. The fraction of sp³-hybridized carbons (Fsp3) is 0.500. The highest BCUT2D eigenvalue weighted by molar-refractivity contribution is 6.30. The van der Waals surface area contributed by atoms with Crippen LogP contribution in [0.2, 0.25) is 5.02 Å². The minimum absolute atomic E-state index is 0.180. The van der Waals surface area contributed by atoms with Gasteiger partial charge >= 0.3 is 0 Å². The van der Waals surface area contributed by atoms with E-state index in [4.69, 9.17) is 11.6 Å². The Morgan fingerprint density at radius 1 is 1.40 bits per heavy atom. The number of rotatable bonds is 4. The molecule has 1 aromatic heterocycles. The van der Waals surface area contributed by atoms with Crippen molar-refractivity contribution in [2.45, 2.75) is 38.5 Å². The number of piperidine rings is 1. The quantitative estimate of drug-likeness (QED) is 0.832. The Hall–Kier alpha value is -1.81. The van der Waals surface area contributed by atoms with Gasteiger partial charge in [0, 0.05) is 44.0 Å². The van der Waals surface area contributed by atoms with E-state index < -0.39 is 5.41 Å². The number of carbonyl (C=O) groups is 1. The van der Waals surface area contributed by atoms with E-state index in [1.54, 1.807) is 0 Å². The summed E-state index contributed by atoms with van der Waals surface area (Å²) in [6.07, 6.45) is 6.93. The van der Waals surface area contributed by atoms with E-state index in [0.29, 0.717) is 10.9 Å². The smallest absolute Gasteiger partial charge is 0.232 e. The first kappa shape index (κ1) is 18.0. The lowest BCUT2D eigenvalue weighted by Gasteiger charge is -2.38. The highest BCUT2D eigenvalue weighted by Gasteiger charge is 2.36. The van der Waals surface area contributed by atoms with Gasteiger partial charge < -0.3 is 9.47 Å². The molecule has 134 valence electrons. The van der Waals surface area contributed by atoms with E-state index in [-0.39, 0.29) is 5.91 Å². The zero-order valence-corrected chi connectivity index (χ0v) is 16.0. The molecule has 3 rings (SSSR count). The number of nitrogens with zero attached hydrogens (tertiary/aromatic N) is 3. The van der Waals surface area contributed by atoms with Crippen LogP contribution in [-0.2, 0) is 23.7 Å². The summed E-state index contributed by atoms with van der Waals surface area (Å²) in [6.45, 7) is 5.61. The molecule has 1 aliphatic heterocycles. The fourth-order valence-electron chi connectivity index (χ4n) is 3.66. The molecule has 1 saturated heterocycles. The molecule has 1 amide bonds. The van der Waals surface area contributed by atoms with Crippen molar-refractivity contribution < 1.29 is 4.79 Å². The number of halogens is 1. The molecule has 5 heteroatoms. The molecule has 0 spiro atoms. The van der Waals surface area contributed by atoms with E-state index in [9.17, 15) is 4.79 Å². The molecule has 1 aliphatic rings. The van der Waals surface area contributed by atoms with Gasteiger partial charge in [0.25, 0.3) is 0 Å². The Kier molecular flexibility index (Phi) is 5.19. The zero-order chi connectivity index (χ0) is 18.0. The van der Waals surface area contributed by atoms with Crippen molar-refractivity contribution in [2.24, 2.45) is 13.0 Å². The van der Waals surface area contributed by atoms with Gasteiger partial charge in [-0.15, -0.1) is 0 Å². The minimum atomic E-state index is -0.573. The van der Waals surface area contributed by atoms with Gasteiger partial charge in [0.2, 0.25) is 5.91 Å². The largest absolute Gasteiger partial charge is 0.342 e. The van der Waals surface area contributed by atoms with Crippen LogP contribution in [0.25, 0.3) is 0 Å². The molecule has 25 heavy (non-hydrogen) atoms. The van der Waals surface area contributed by atoms with Gasteiger partial charge in [0.1, 0.15) is 5.82 Å². The highest BCUT2D eigenvalue weighted by atomic mass is 35.5. The normalized spacial score (nSPS) is 18.4. The number of hydrogen-bond acceptors (Lipinski definition) is 2. The summed E-state index contributed by atoms with van der Waals surface area (Å²) >= 11 is 6.12. The van der Waals surface area contributed by atoms with Crippen LogP contribution in [0.15, 0.2) is 36.7 Å². The number of imidazole rings is 1.